The van der Waals surface area contributed by atoms with Crippen LogP contribution >= 0.6 is 0 Å². The largest absolute Gasteiger partial charge is 0.507 e. The lowest BCUT2D eigenvalue weighted by Gasteiger charge is -2.26. The highest BCUT2D eigenvalue weighted by molar-refractivity contribution is 6.46. The highest BCUT2D eigenvalue weighted by atomic mass is 16.5. The lowest BCUT2D eigenvalue weighted by Crippen LogP contribution is -2.29. The van der Waals surface area contributed by atoms with Gasteiger partial charge in [-0.15, -0.1) is 0 Å². The molecule has 1 atom stereocenters. The number of aliphatic hydroxyl groups is 1. The van der Waals surface area contributed by atoms with Crippen molar-refractivity contribution >= 4 is 17.4 Å². The number of likely N-dealkylation sites (tertiary alicyclic amines) is 1. The molecule has 1 amide bonds. The van der Waals surface area contributed by atoms with Crippen molar-refractivity contribution in [1.29, 1.82) is 0 Å². The second kappa shape index (κ2) is 10.0. The summed E-state index contributed by atoms with van der Waals surface area (Å²) < 4.78 is 10.9. The molecule has 0 spiro atoms. The first-order valence-electron chi connectivity index (χ1n) is 11.4. The van der Waals surface area contributed by atoms with Crippen LogP contribution in [0.1, 0.15) is 48.1 Å². The van der Waals surface area contributed by atoms with E-state index in [0.29, 0.717) is 22.6 Å². The van der Waals surface area contributed by atoms with E-state index in [0.717, 1.165) is 11.1 Å². The number of carbonyl (C=O) groups excluding carboxylic acids is 2. The van der Waals surface area contributed by atoms with Gasteiger partial charge in [-0.05, 0) is 53.4 Å². The number of amides is 1. The smallest absolute Gasteiger partial charge is 0.295 e. The third-order valence-electron chi connectivity index (χ3n) is 6.22. The Morgan fingerprint density at radius 1 is 1.00 bits per heavy atom. The van der Waals surface area contributed by atoms with Gasteiger partial charge in [0, 0.05) is 23.5 Å². The van der Waals surface area contributed by atoms with Gasteiger partial charge in [0.15, 0.2) is 0 Å². The Bertz CT molecular complexity index is 1280. The minimum absolute atomic E-state index is 0.0379. The maximum atomic E-state index is 13.3. The van der Waals surface area contributed by atoms with Gasteiger partial charge in [-0.3, -0.25) is 14.6 Å². The minimum atomic E-state index is -0.785. The molecule has 1 aromatic heterocycles. The monoisotopic (exact) mass is 472 g/mol. The van der Waals surface area contributed by atoms with Gasteiger partial charge < -0.3 is 19.5 Å². The molecule has 3 aromatic rings. The van der Waals surface area contributed by atoms with Crippen LogP contribution in [0, 0.1) is 0 Å². The number of pyridine rings is 1. The molecule has 2 heterocycles. The summed E-state index contributed by atoms with van der Waals surface area (Å²) in [5.74, 6) is -0.213. The van der Waals surface area contributed by atoms with E-state index in [2.05, 4.69) is 4.98 Å². The number of nitrogens with zero attached hydrogens (tertiary/aromatic N) is 2. The van der Waals surface area contributed by atoms with Crippen molar-refractivity contribution in [2.45, 2.75) is 32.4 Å². The molecule has 0 aliphatic carbocycles. The fraction of sp³-hybridized carbons (Fsp3) is 0.250. The fourth-order valence-electron chi connectivity index (χ4n) is 4.44. The Morgan fingerprint density at radius 2 is 1.69 bits per heavy atom. The molecule has 1 N–H and O–H groups in total. The Balaban J connectivity index is 1.87. The number of methoxy groups -OCH3 is 2. The standard InChI is InChI=1S/C28H28N2O5/c1-17(2)21-15-19(9-10-23(21)35-4)26(31)24-25(18-11-13-29-14-12-18)30(28(33)27(24)32)16-20-7-5-6-8-22(20)34-3/h5-15,17,25,31H,16H2,1-4H3/b26-24-. The van der Waals surface area contributed by atoms with Gasteiger partial charge >= 0.3 is 0 Å². The Morgan fingerprint density at radius 3 is 2.34 bits per heavy atom. The number of hydrogen-bond acceptors (Lipinski definition) is 6. The maximum absolute atomic E-state index is 13.3. The lowest BCUT2D eigenvalue weighted by molar-refractivity contribution is -0.140. The van der Waals surface area contributed by atoms with E-state index in [-0.39, 0.29) is 23.8 Å². The molecule has 0 radical (unpaired) electrons. The predicted octanol–water partition coefficient (Wildman–Crippen LogP) is 4.84. The van der Waals surface area contributed by atoms with Crippen LogP contribution in [0.3, 0.4) is 0 Å². The maximum Gasteiger partial charge on any atom is 0.295 e. The lowest BCUT2D eigenvalue weighted by atomic mass is 9.93. The summed E-state index contributed by atoms with van der Waals surface area (Å²) in [6.45, 7) is 4.17. The molecule has 1 unspecified atom stereocenters. The summed E-state index contributed by atoms with van der Waals surface area (Å²) in [4.78, 5) is 32.1. The molecule has 0 bridgehead atoms. The van der Waals surface area contributed by atoms with Gasteiger partial charge in [0.25, 0.3) is 11.7 Å². The predicted molar refractivity (Wildman–Crippen MR) is 132 cm³/mol. The minimum Gasteiger partial charge on any atom is -0.507 e. The zero-order valence-electron chi connectivity index (χ0n) is 20.2. The highest BCUT2D eigenvalue weighted by Gasteiger charge is 2.46. The molecular weight excluding hydrogens is 444 g/mol. The molecule has 1 aliphatic heterocycles. The van der Waals surface area contributed by atoms with Gasteiger partial charge in [-0.25, -0.2) is 0 Å². The molecule has 1 saturated heterocycles. The molecule has 35 heavy (non-hydrogen) atoms. The molecule has 0 saturated carbocycles. The number of para-hydroxylation sites is 1. The first-order chi connectivity index (χ1) is 16.9. The third kappa shape index (κ3) is 4.49. The van der Waals surface area contributed by atoms with Crippen LogP contribution in [0.15, 0.2) is 72.6 Å². The average Bonchev–Trinajstić information content (AvgIpc) is 3.13. The molecule has 4 rings (SSSR count). The van der Waals surface area contributed by atoms with E-state index in [4.69, 9.17) is 9.47 Å². The first kappa shape index (κ1) is 24.0. The Hall–Kier alpha value is -4.13. The number of aromatic nitrogens is 1. The van der Waals surface area contributed by atoms with E-state index in [1.54, 1.807) is 63.0 Å². The Kier molecular flexibility index (Phi) is 6.87. The summed E-state index contributed by atoms with van der Waals surface area (Å²) in [7, 11) is 3.15. The molecule has 180 valence electrons. The summed E-state index contributed by atoms with van der Waals surface area (Å²) >= 11 is 0. The van der Waals surface area contributed by atoms with Gasteiger partial charge in [-0.2, -0.15) is 0 Å². The number of benzene rings is 2. The SMILES string of the molecule is COc1ccccc1CN1C(=O)C(=O)/C(=C(\O)c2ccc(OC)c(C(C)C)c2)C1c1ccncc1. The van der Waals surface area contributed by atoms with Crippen molar-refractivity contribution in [2.24, 2.45) is 0 Å². The molecule has 1 aliphatic rings. The number of ketones is 1. The quantitative estimate of drug-likeness (QED) is 0.301. The second-order valence-electron chi connectivity index (χ2n) is 8.63. The van der Waals surface area contributed by atoms with Crippen LogP contribution in [-0.4, -0.2) is 40.9 Å². The van der Waals surface area contributed by atoms with Crippen molar-refractivity contribution < 1.29 is 24.2 Å². The molecular formula is C28H28N2O5. The topological polar surface area (TPSA) is 89.0 Å². The Labute approximate surface area is 204 Å². The van der Waals surface area contributed by atoms with E-state index in [1.165, 1.54) is 4.90 Å². The van der Waals surface area contributed by atoms with Gasteiger partial charge in [0.05, 0.1) is 32.4 Å². The van der Waals surface area contributed by atoms with Gasteiger partial charge in [0.2, 0.25) is 0 Å². The molecule has 2 aromatic carbocycles. The second-order valence-corrected chi connectivity index (χ2v) is 8.63. The van der Waals surface area contributed by atoms with E-state index in [9.17, 15) is 14.7 Å². The van der Waals surface area contributed by atoms with Crippen molar-refractivity contribution in [3.05, 3.63) is 94.8 Å². The van der Waals surface area contributed by atoms with Crippen molar-refractivity contribution in [3.63, 3.8) is 0 Å². The summed E-state index contributed by atoms with van der Waals surface area (Å²) in [6, 6.07) is 15.3. The normalized spacial score (nSPS) is 17.2. The summed E-state index contributed by atoms with van der Waals surface area (Å²) in [5.41, 5.74) is 2.80. The van der Waals surface area contributed by atoms with Crippen LogP contribution < -0.4 is 9.47 Å². The molecule has 7 nitrogen and oxygen atoms in total. The zero-order chi connectivity index (χ0) is 25.1. The number of Topliss-reactive ketones (excluding diaryl/α,β-unsaturated/α-hetero) is 1. The van der Waals surface area contributed by atoms with Gasteiger partial charge in [0.1, 0.15) is 17.3 Å². The average molecular weight is 473 g/mol. The number of rotatable bonds is 7. The number of carbonyl (C=O) groups is 2. The van der Waals surface area contributed by atoms with Gasteiger partial charge in [-0.1, -0.05) is 32.0 Å². The van der Waals surface area contributed by atoms with Crippen molar-refractivity contribution in [3.8, 4) is 11.5 Å². The van der Waals surface area contributed by atoms with Crippen molar-refractivity contribution in [2.75, 3.05) is 14.2 Å². The van der Waals surface area contributed by atoms with Crippen molar-refractivity contribution in [1.82, 2.24) is 9.88 Å². The number of hydrogen-bond donors (Lipinski definition) is 1. The number of ether oxygens (including phenoxy) is 2. The van der Waals surface area contributed by atoms with E-state index in [1.807, 2.05) is 32.0 Å². The van der Waals surface area contributed by atoms with Crippen LogP contribution in [0.5, 0.6) is 11.5 Å². The summed E-state index contributed by atoms with van der Waals surface area (Å²) in [6.07, 6.45) is 3.20. The van der Waals surface area contributed by atoms with Crippen LogP contribution in [0.4, 0.5) is 0 Å². The highest BCUT2D eigenvalue weighted by Crippen LogP contribution is 2.41. The number of aliphatic hydroxyl groups excluding tert-OH is 1. The molecule has 7 heteroatoms. The fourth-order valence-corrected chi connectivity index (χ4v) is 4.44. The summed E-state index contributed by atoms with van der Waals surface area (Å²) in [5, 5.41) is 11.4. The first-order valence-corrected chi connectivity index (χ1v) is 11.4. The van der Waals surface area contributed by atoms with Crippen LogP contribution in [0.2, 0.25) is 0 Å². The third-order valence-corrected chi connectivity index (χ3v) is 6.22. The van der Waals surface area contributed by atoms with Crippen LogP contribution in [-0.2, 0) is 16.1 Å². The van der Waals surface area contributed by atoms with E-state index >= 15 is 0 Å². The van der Waals surface area contributed by atoms with Crippen LogP contribution in [0.25, 0.3) is 5.76 Å². The molecule has 1 fully saturated rings. The van der Waals surface area contributed by atoms with E-state index < -0.39 is 17.7 Å². The zero-order valence-corrected chi connectivity index (χ0v) is 20.2.